The van der Waals surface area contributed by atoms with Crippen molar-refractivity contribution >= 4 is 5.82 Å². The topological polar surface area (TPSA) is 51.4 Å². The molecule has 1 unspecified atom stereocenters. The maximum Gasteiger partial charge on any atom is 0.215 e. The molecule has 0 radical (unpaired) electrons. The summed E-state index contributed by atoms with van der Waals surface area (Å²) in [5.41, 5.74) is 7.25. The van der Waals surface area contributed by atoms with Gasteiger partial charge in [-0.25, -0.2) is 0 Å². The number of anilines is 1. The maximum absolute atomic E-state index is 5.63. The summed E-state index contributed by atoms with van der Waals surface area (Å²) < 4.78 is 5.63. The number of aromatic nitrogens is 1. The van der Waals surface area contributed by atoms with E-state index in [0.29, 0.717) is 24.2 Å². The Balaban J connectivity index is 1.33. The molecule has 1 aromatic rings. The van der Waals surface area contributed by atoms with Crippen LogP contribution in [0.4, 0.5) is 5.82 Å². The quantitative estimate of drug-likeness (QED) is 0.648. The Morgan fingerprint density at radius 1 is 1.32 bits per heavy atom. The fourth-order valence-electron chi connectivity index (χ4n) is 3.18. The average molecular weight is 299 g/mol. The second-order valence-corrected chi connectivity index (χ2v) is 6.07. The van der Waals surface area contributed by atoms with Crippen LogP contribution < -0.4 is 10.5 Å². The van der Waals surface area contributed by atoms with E-state index in [9.17, 15) is 0 Å². The van der Waals surface area contributed by atoms with Gasteiger partial charge >= 0.3 is 0 Å². The smallest absolute Gasteiger partial charge is 0.215 e. The molecule has 1 fully saturated rings. The molecule has 2 aliphatic rings. The molecule has 0 amide bonds. The zero-order chi connectivity index (χ0) is 15.2. The highest BCUT2D eigenvalue weighted by molar-refractivity contribution is 5.31. The molecule has 22 heavy (non-hydrogen) atoms. The van der Waals surface area contributed by atoms with Crippen LogP contribution in [0.3, 0.4) is 0 Å². The number of unbranched alkanes of at least 4 members (excludes halogenated alkanes) is 1. The maximum atomic E-state index is 5.63. The van der Waals surface area contributed by atoms with E-state index < -0.39 is 0 Å². The van der Waals surface area contributed by atoms with Crippen molar-refractivity contribution in [3.05, 3.63) is 42.0 Å². The number of pyridine rings is 1. The normalized spacial score (nSPS) is 21.3. The molecule has 1 aromatic heterocycles. The number of rotatable bonds is 6. The number of fused-ring (bicyclic) bond motifs is 1. The molecule has 4 heteroatoms. The van der Waals surface area contributed by atoms with Gasteiger partial charge in [0.15, 0.2) is 0 Å². The van der Waals surface area contributed by atoms with Crippen molar-refractivity contribution in [2.45, 2.75) is 25.7 Å². The van der Waals surface area contributed by atoms with Crippen molar-refractivity contribution in [1.82, 2.24) is 9.88 Å². The Morgan fingerprint density at radius 2 is 2.27 bits per heavy atom. The Labute approximate surface area is 132 Å². The SMILES string of the molecule is Nc1cccc(OCCCCN2CCC3C=CCC=C3C2)n1. The van der Waals surface area contributed by atoms with Gasteiger partial charge in [0.2, 0.25) is 5.88 Å². The number of allylic oxidation sites excluding steroid dienone is 3. The lowest BCUT2D eigenvalue weighted by atomic mass is 9.87. The summed E-state index contributed by atoms with van der Waals surface area (Å²) in [5.74, 6) is 1.85. The third-order valence-corrected chi connectivity index (χ3v) is 4.39. The molecule has 0 saturated carbocycles. The van der Waals surface area contributed by atoms with Gasteiger partial charge in [0.1, 0.15) is 5.82 Å². The number of hydrogen-bond acceptors (Lipinski definition) is 4. The molecule has 2 heterocycles. The predicted molar refractivity (Wildman–Crippen MR) is 89.8 cm³/mol. The van der Waals surface area contributed by atoms with E-state index in [2.05, 4.69) is 28.1 Å². The summed E-state index contributed by atoms with van der Waals surface area (Å²) in [6.45, 7) is 4.22. The van der Waals surface area contributed by atoms with Crippen molar-refractivity contribution in [2.75, 3.05) is 32.0 Å². The van der Waals surface area contributed by atoms with Gasteiger partial charge in [-0.15, -0.1) is 0 Å². The van der Waals surface area contributed by atoms with Crippen LogP contribution in [-0.4, -0.2) is 36.1 Å². The number of nitrogens with zero attached hydrogens (tertiary/aromatic N) is 2. The summed E-state index contributed by atoms with van der Waals surface area (Å²) >= 11 is 0. The number of nitrogens with two attached hydrogens (primary N) is 1. The highest BCUT2D eigenvalue weighted by Crippen LogP contribution is 2.27. The first-order valence-electron chi connectivity index (χ1n) is 8.24. The summed E-state index contributed by atoms with van der Waals surface area (Å²) in [5, 5.41) is 0. The zero-order valence-corrected chi connectivity index (χ0v) is 13.1. The Morgan fingerprint density at radius 3 is 3.18 bits per heavy atom. The Bertz CT molecular complexity index is 553. The first kappa shape index (κ1) is 15.1. The van der Waals surface area contributed by atoms with Crippen LogP contribution in [-0.2, 0) is 0 Å². The standard InChI is InChI=1S/C18H25N3O/c19-17-8-5-9-18(20-17)22-13-4-3-11-21-12-10-15-6-1-2-7-16(15)14-21/h1,5-9,15H,2-4,10-14H2,(H2,19,20). The molecule has 0 aromatic carbocycles. The van der Waals surface area contributed by atoms with Gasteiger partial charge in [0, 0.05) is 18.5 Å². The fourth-order valence-corrected chi connectivity index (χ4v) is 3.18. The molecule has 1 aliphatic carbocycles. The Kier molecular flexibility index (Phi) is 5.11. The first-order chi connectivity index (χ1) is 10.8. The van der Waals surface area contributed by atoms with Crippen LogP contribution in [0.1, 0.15) is 25.7 Å². The van der Waals surface area contributed by atoms with Gasteiger partial charge in [-0.3, -0.25) is 4.90 Å². The number of ether oxygens (including phenoxy) is 1. The van der Waals surface area contributed by atoms with E-state index in [1.54, 1.807) is 11.6 Å². The van der Waals surface area contributed by atoms with Crippen molar-refractivity contribution < 1.29 is 4.74 Å². The minimum atomic E-state index is 0.509. The van der Waals surface area contributed by atoms with Crippen LogP contribution >= 0.6 is 0 Å². The molecule has 1 aliphatic heterocycles. The third kappa shape index (κ3) is 4.10. The molecule has 0 spiro atoms. The van der Waals surface area contributed by atoms with Crippen LogP contribution in [0.5, 0.6) is 5.88 Å². The number of piperidine rings is 1. The molecule has 1 atom stereocenters. The van der Waals surface area contributed by atoms with E-state index in [4.69, 9.17) is 10.5 Å². The molecule has 4 nitrogen and oxygen atoms in total. The van der Waals surface area contributed by atoms with Gasteiger partial charge in [-0.1, -0.05) is 29.9 Å². The lowest BCUT2D eigenvalue weighted by Gasteiger charge is -2.34. The van der Waals surface area contributed by atoms with Crippen molar-refractivity contribution in [3.63, 3.8) is 0 Å². The van der Waals surface area contributed by atoms with Crippen molar-refractivity contribution in [3.8, 4) is 5.88 Å². The van der Waals surface area contributed by atoms with E-state index in [-0.39, 0.29) is 0 Å². The van der Waals surface area contributed by atoms with E-state index in [1.165, 1.54) is 13.0 Å². The molecular weight excluding hydrogens is 274 g/mol. The minimum Gasteiger partial charge on any atom is -0.478 e. The largest absolute Gasteiger partial charge is 0.478 e. The molecule has 0 bridgehead atoms. The van der Waals surface area contributed by atoms with Gasteiger partial charge in [0.05, 0.1) is 6.61 Å². The first-order valence-corrected chi connectivity index (χ1v) is 8.24. The van der Waals surface area contributed by atoms with Gasteiger partial charge in [-0.2, -0.15) is 4.98 Å². The number of nitrogen functional groups attached to an aromatic ring is 1. The van der Waals surface area contributed by atoms with Crippen molar-refractivity contribution in [1.29, 1.82) is 0 Å². The monoisotopic (exact) mass is 299 g/mol. The van der Waals surface area contributed by atoms with Crippen LogP contribution in [0.15, 0.2) is 42.0 Å². The number of hydrogen-bond donors (Lipinski definition) is 1. The molecule has 3 rings (SSSR count). The highest BCUT2D eigenvalue weighted by atomic mass is 16.5. The highest BCUT2D eigenvalue weighted by Gasteiger charge is 2.22. The minimum absolute atomic E-state index is 0.509. The summed E-state index contributed by atoms with van der Waals surface area (Å²) in [7, 11) is 0. The summed E-state index contributed by atoms with van der Waals surface area (Å²) in [6, 6.07) is 5.49. The Hall–Kier alpha value is -1.81. The average Bonchev–Trinajstić information content (AvgIpc) is 2.54. The predicted octanol–water partition coefficient (Wildman–Crippen LogP) is 3.03. The second kappa shape index (κ2) is 7.45. The molecular formula is C18H25N3O. The van der Waals surface area contributed by atoms with E-state index in [1.807, 2.05) is 12.1 Å². The van der Waals surface area contributed by atoms with Crippen molar-refractivity contribution in [2.24, 2.45) is 5.92 Å². The van der Waals surface area contributed by atoms with E-state index >= 15 is 0 Å². The summed E-state index contributed by atoms with van der Waals surface area (Å²) in [6.07, 6.45) is 11.7. The van der Waals surface area contributed by atoms with Crippen LogP contribution in [0, 0.1) is 5.92 Å². The molecule has 2 N–H and O–H groups in total. The van der Waals surface area contributed by atoms with Gasteiger partial charge < -0.3 is 10.5 Å². The number of likely N-dealkylation sites (tertiary alicyclic amines) is 1. The lowest BCUT2D eigenvalue weighted by Crippen LogP contribution is -2.36. The van der Waals surface area contributed by atoms with Gasteiger partial charge in [0.25, 0.3) is 0 Å². The molecule has 118 valence electrons. The van der Waals surface area contributed by atoms with Crippen LogP contribution in [0.25, 0.3) is 0 Å². The zero-order valence-electron chi connectivity index (χ0n) is 13.1. The third-order valence-electron chi connectivity index (χ3n) is 4.39. The molecule has 1 saturated heterocycles. The van der Waals surface area contributed by atoms with Crippen LogP contribution in [0.2, 0.25) is 0 Å². The lowest BCUT2D eigenvalue weighted by molar-refractivity contribution is 0.229. The summed E-state index contributed by atoms with van der Waals surface area (Å²) in [4.78, 5) is 6.71. The van der Waals surface area contributed by atoms with E-state index in [0.717, 1.165) is 32.4 Å². The van der Waals surface area contributed by atoms with Gasteiger partial charge in [-0.05, 0) is 44.8 Å². The fraction of sp³-hybridized carbons (Fsp3) is 0.500. The second-order valence-electron chi connectivity index (χ2n) is 6.07.